The monoisotopic (exact) mass is 205 g/mol. The maximum absolute atomic E-state index is 10.0. The first-order valence-corrected chi connectivity index (χ1v) is 5.61. The lowest BCUT2D eigenvalue weighted by molar-refractivity contribution is 0.123. The van der Waals surface area contributed by atoms with E-state index in [0.717, 1.165) is 12.1 Å². The molecule has 0 amide bonds. The summed E-state index contributed by atoms with van der Waals surface area (Å²) in [6.07, 6.45) is 2.23. The molecule has 0 heterocycles. The zero-order chi connectivity index (χ0) is 10.8. The zero-order valence-electron chi connectivity index (χ0n) is 9.48. The van der Waals surface area contributed by atoms with Crippen molar-refractivity contribution >= 4 is 0 Å². The topological polar surface area (TPSA) is 23.5 Å². The number of hydrogen-bond acceptors (Lipinski definition) is 2. The maximum atomic E-state index is 10.0. The average molecular weight is 205 g/mol. The number of hydrogen-bond donors (Lipinski definition) is 1. The van der Waals surface area contributed by atoms with Crippen LogP contribution >= 0.6 is 0 Å². The molecule has 1 fully saturated rings. The predicted octanol–water partition coefficient (Wildman–Crippen LogP) is 2.12. The lowest BCUT2D eigenvalue weighted by atomic mass is 10.1. The molecular formula is C13H19NO. The van der Waals surface area contributed by atoms with Gasteiger partial charge in [-0.05, 0) is 32.4 Å². The Kier molecular flexibility index (Phi) is 3.08. The van der Waals surface area contributed by atoms with E-state index in [9.17, 15) is 5.11 Å². The van der Waals surface area contributed by atoms with Gasteiger partial charge in [-0.2, -0.15) is 0 Å². The van der Waals surface area contributed by atoms with Crippen LogP contribution in [0.25, 0.3) is 0 Å². The van der Waals surface area contributed by atoms with E-state index in [4.69, 9.17) is 0 Å². The first kappa shape index (κ1) is 10.7. The highest BCUT2D eigenvalue weighted by Gasteiger charge is 2.27. The number of aliphatic hydroxyl groups is 1. The third kappa shape index (κ3) is 2.80. The molecule has 2 heteroatoms. The fraction of sp³-hybridized carbons (Fsp3) is 0.538. The van der Waals surface area contributed by atoms with Crippen molar-refractivity contribution in [1.82, 2.24) is 4.90 Å². The van der Waals surface area contributed by atoms with Crippen LogP contribution in [-0.4, -0.2) is 29.6 Å². The lowest BCUT2D eigenvalue weighted by Gasteiger charge is -2.20. The average Bonchev–Trinajstić information content (AvgIpc) is 3.01. The highest BCUT2D eigenvalue weighted by atomic mass is 16.3. The minimum atomic E-state index is -0.351. The maximum Gasteiger partial charge on any atom is 0.0916 e. The smallest absolute Gasteiger partial charge is 0.0916 e. The van der Waals surface area contributed by atoms with Gasteiger partial charge in [0.15, 0.2) is 0 Å². The zero-order valence-corrected chi connectivity index (χ0v) is 9.48. The van der Waals surface area contributed by atoms with Crippen molar-refractivity contribution < 1.29 is 5.11 Å². The molecule has 0 bridgehead atoms. The molecule has 1 N–H and O–H groups in total. The summed E-state index contributed by atoms with van der Waals surface area (Å²) in [6, 6.07) is 8.84. The van der Waals surface area contributed by atoms with Gasteiger partial charge in [-0.25, -0.2) is 0 Å². The predicted molar refractivity (Wildman–Crippen MR) is 61.8 cm³/mol. The van der Waals surface area contributed by atoms with Crippen LogP contribution in [0, 0.1) is 6.92 Å². The number of aliphatic hydroxyl groups excluding tert-OH is 1. The normalized spacial score (nSPS) is 18.1. The summed E-state index contributed by atoms with van der Waals surface area (Å²) in [5, 5.41) is 10.0. The Labute approximate surface area is 91.5 Å². The Morgan fingerprint density at radius 2 is 1.93 bits per heavy atom. The SMILES string of the molecule is Cc1ccc(C(O)CN(C)C2CC2)cc1. The van der Waals surface area contributed by atoms with Crippen LogP contribution in [0.4, 0.5) is 0 Å². The largest absolute Gasteiger partial charge is 0.387 e. The van der Waals surface area contributed by atoms with Crippen molar-refractivity contribution in [2.24, 2.45) is 0 Å². The second-order valence-electron chi connectivity index (χ2n) is 4.60. The van der Waals surface area contributed by atoms with Crippen molar-refractivity contribution in [1.29, 1.82) is 0 Å². The standard InChI is InChI=1S/C13H19NO/c1-10-3-5-11(6-4-10)13(15)9-14(2)12-7-8-12/h3-6,12-13,15H,7-9H2,1-2H3. The molecular weight excluding hydrogens is 186 g/mol. The van der Waals surface area contributed by atoms with Gasteiger partial charge in [0.05, 0.1) is 6.10 Å². The van der Waals surface area contributed by atoms with E-state index in [1.54, 1.807) is 0 Å². The summed E-state index contributed by atoms with van der Waals surface area (Å²) in [5.74, 6) is 0. The van der Waals surface area contributed by atoms with E-state index in [2.05, 4.69) is 31.0 Å². The molecule has 1 unspecified atom stereocenters. The van der Waals surface area contributed by atoms with E-state index in [0.29, 0.717) is 6.04 Å². The Balaban J connectivity index is 1.94. The van der Waals surface area contributed by atoms with Gasteiger partial charge in [-0.3, -0.25) is 0 Å². The Hall–Kier alpha value is -0.860. The minimum Gasteiger partial charge on any atom is -0.387 e. The molecule has 0 aliphatic heterocycles. The number of nitrogens with zero attached hydrogens (tertiary/aromatic N) is 1. The molecule has 1 aromatic rings. The van der Waals surface area contributed by atoms with Crippen molar-refractivity contribution in [3.05, 3.63) is 35.4 Å². The number of likely N-dealkylation sites (N-methyl/N-ethyl adjacent to an activating group) is 1. The molecule has 0 aromatic heterocycles. The van der Waals surface area contributed by atoms with Gasteiger partial charge in [0, 0.05) is 12.6 Å². The fourth-order valence-electron chi connectivity index (χ4n) is 1.83. The molecule has 0 saturated heterocycles. The van der Waals surface area contributed by atoms with Crippen molar-refractivity contribution in [3.8, 4) is 0 Å². The summed E-state index contributed by atoms with van der Waals surface area (Å²) < 4.78 is 0. The van der Waals surface area contributed by atoms with Crippen molar-refractivity contribution in [3.63, 3.8) is 0 Å². The molecule has 1 aliphatic carbocycles. The van der Waals surface area contributed by atoms with Gasteiger partial charge < -0.3 is 10.0 Å². The molecule has 2 nitrogen and oxygen atoms in total. The van der Waals surface area contributed by atoms with Crippen LogP contribution in [-0.2, 0) is 0 Å². The number of benzene rings is 1. The molecule has 82 valence electrons. The van der Waals surface area contributed by atoms with Crippen LogP contribution in [0.15, 0.2) is 24.3 Å². The molecule has 15 heavy (non-hydrogen) atoms. The van der Waals surface area contributed by atoms with E-state index in [1.165, 1.54) is 18.4 Å². The molecule has 0 radical (unpaired) electrons. The number of aryl methyl sites for hydroxylation is 1. The first-order chi connectivity index (χ1) is 7.16. The first-order valence-electron chi connectivity index (χ1n) is 5.61. The van der Waals surface area contributed by atoms with Gasteiger partial charge in [-0.15, -0.1) is 0 Å². The van der Waals surface area contributed by atoms with Crippen LogP contribution < -0.4 is 0 Å². The third-order valence-corrected chi connectivity index (χ3v) is 3.09. The molecule has 1 aromatic carbocycles. The van der Waals surface area contributed by atoms with Crippen LogP contribution in [0.2, 0.25) is 0 Å². The van der Waals surface area contributed by atoms with Crippen LogP contribution in [0.1, 0.15) is 30.1 Å². The van der Waals surface area contributed by atoms with Gasteiger partial charge in [0.1, 0.15) is 0 Å². The number of rotatable bonds is 4. The van der Waals surface area contributed by atoms with Gasteiger partial charge in [-0.1, -0.05) is 29.8 Å². The summed E-state index contributed by atoms with van der Waals surface area (Å²) in [5.41, 5.74) is 2.26. The van der Waals surface area contributed by atoms with Gasteiger partial charge in [0.2, 0.25) is 0 Å². The summed E-state index contributed by atoms with van der Waals surface area (Å²) in [6.45, 7) is 2.81. The van der Waals surface area contributed by atoms with E-state index in [-0.39, 0.29) is 6.10 Å². The second kappa shape index (κ2) is 4.33. The van der Waals surface area contributed by atoms with E-state index < -0.39 is 0 Å². The van der Waals surface area contributed by atoms with Gasteiger partial charge in [0.25, 0.3) is 0 Å². The summed E-state index contributed by atoms with van der Waals surface area (Å²) >= 11 is 0. The Bertz CT molecular complexity index is 316. The lowest BCUT2D eigenvalue weighted by Crippen LogP contribution is -2.26. The Morgan fingerprint density at radius 1 is 1.33 bits per heavy atom. The van der Waals surface area contributed by atoms with Crippen LogP contribution in [0.3, 0.4) is 0 Å². The van der Waals surface area contributed by atoms with Crippen molar-refractivity contribution in [2.45, 2.75) is 31.9 Å². The molecule has 0 spiro atoms. The molecule has 1 aliphatic rings. The quantitative estimate of drug-likeness (QED) is 0.814. The van der Waals surface area contributed by atoms with Crippen molar-refractivity contribution in [2.75, 3.05) is 13.6 Å². The Morgan fingerprint density at radius 3 is 2.47 bits per heavy atom. The summed E-state index contributed by atoms with van der Waals surface area (Å²) in [7, 11) is 2.09. The van der Waals surface area contributed by atoms with Gasteiger partial charge >= 0.3 is 0 Å². The second-order valence-corrected chi connectivity index (χ2v) is 4.60. The van der Waals surface area contributed by atoms with E-state index >= 15 is 0 Å². The molecule has 2 rings (SSSR count). The molecule has 1 saturated carbocycles. The highest BCUT2D eigenvalue weighted by Crippen LogP contribution is 2.27. The van der Waals surface area contributed by atoms with E-state index in [1.807, 2.05) is 12.1 Å². The minimum absolute atomic E-state index is 0.351. The fourth-order valence-corrected chi connectivity index (χ4v) is 1.83. The molecule has 1 atom stereocenters. The summed E-state index contributed by atoms with van der Waals surface area (Å²) in [4.78, 5) is 2.25. The highest BCUT2D eigenvalue weighted by molar-refractivity contribution is 5.23. The van der Waals surface area contributed by atoms with Crippen LogP contribution in [0.5, 0.6) is 0 Å². The third-order valence-electron chi connectivity index (χ3n) is 3.09.